The maximum atomic E-state index is 10.1. The van der Waals surface area contributed by atoms with Gasteiger partial charge in [-0.05, 0) is 19.1 Å². The van der Waals surface area contributed by atoms with Crippen LogP contribution in [0.15, 0.2) is 41.8 Å². The first-order valence-electron chi connectivity index (χ1n) is 4.60. The third-order valence-electron chi connectivity index (χ3n) is 1.64. The van der Waals surface area contributed by atoms with Crippen LogP contribution in [0, 0.1) is 0 Å². The zero-order chi connectivity index (χ0) is 11.1. The molecule has 1 unspecified atom stereocenters. The van der Waals surface area contributed by atoms with Crippen LogP contribution in [-0.4, -0.2) is 11.9 Å². The molecule has 0 aliphatic carbocycles. The average molecular weight is 222 g/mol. The topological polar surface area (TPSA) is 41.1 Å². The number of anilines is 1. The Kier molecular flexibility index (Phi) is 4.77. The molecular formula is C11H14N2OS. The van der Waals surface area contributed by atoms with Crippen molar-refractivity contribution in [3.63, 3.8) is 0 Å². The van der Waals surface area contributed by atoms with Crippen LogP contribution in [0.3, 0.4) is 0 Å². The summed E-state index contributed by atoms with van der Waals surface area (Å²) < 4.78 is 0. The minimum absolute atomic E-state index is 0.0140. The van der Waals surface area contributed by atoms with Crippen LogP contribution in [-0.2, 0) is 4.79 Å². The van der Waals surface area contributed by atoms with Gasteiger partial charge in [-0.3, -0.25) is 4.79 Å². The third-order valence-corrected chi connectivity index (χ3v) is 2.74. The number of amides is 1. The highest BCUT2D eigenvalue weighted by Crippen LogP contribution is 2.36. The molecule has 1 aliphatic heterocycles. The normalized spacial score (nSPS) is 16.5. The van der Waals surface area contributed by atoms with E-state index < -0.39 is 0 Å². The van der Waals surface area contributed by atoms with Crippen LogP contribution in [0.2, 0.25) is 0 Å². The van der Waals surface area contributed by atoms with Gasteiger partial charge in [0.1, 0.15) is 0 Å². The lowest BCUT2D eigenvalue weighted by atomic mass is 10.3. The van der Waals surface area contributed by atoms with Gasteiger partial charge in [0.2, 0.25) is 6.41 Å². The highest BCUT2D eigenvalue weighted by Gasteiger charge is 2.18. The number of hydrogen-bond donors (Lipinski definition) is 2. The number of thioether (sulfide) groups is 1. The van der Waals surface area contributed by atoms with Gasteiger partial charge in [-0.15, -0.1) is 6.58 Å². The van der Waals surface area contributed by atoms with Gasteiger partial charge in [-0.2, -0.15) is 0 Å². The van der Waals surface area contributed by atoms with Crippen molar-refractivity contribution in [1.29, 1.82) is 0 Å². The first kappa shape index (κ1) is 11.7. The second-order valence-corrected chi connectivity index (χ2v) is 3.98. The Morgan fingerprint density at radius 1 is 1.53 bits per heavy atom. The van der Waals surface area contributed by atoms with Gasteiger partial charge >= 0.3 is 0 Å². The second kappa shape index (κ2) is 6.14. The van der Waals surface area contributed by atoms with Gasteiger partial charge in [0, 0.05) is 4.90 Å². The molecule has 1 atom stereocenters. The molecule has 80 valence electrons. The van der Waals surface area contributed by atoms with E-state index in [1.165, 1.54) is 4.90 Å². The summed E-state index contributed by atoms with van der Waals surface area (Å²) in [5.41, 5.74) is 1.07. The Labute approximate surface area is 94.0 Å². The molecular weight excluding hydrogens is 208 g/mol. The Morgan fingerprint density at radius 3 is 2.80 bits per heavy atom. The summed E-state index contributed by atoms with van der Waals surface area (Å²) in [6, 6.07) is 7.97. The second-order valence-electron chi connectivity index (χ2n) is 2.83. The number of benzene rings is 1. The van der Waals surface area contributed by atoms with Crippen molar-refractivity contribution in [3.8, 4) is 0 Å². The number of nitrogens with one attached hydrogen (secondary N) is 2. The average Bonchev–Trinajstić information content (AvgIpc) is 2.61. The predicted octanol–water partition coefficient (Wildman–Crippen LogP) is 2.43. The first-order valence-corrected chi connectivity index (χ1v) is 5.48. The van der Waals surface area contributed by atoms with Crippen LogP contribution in [0.25, 0.3) is 0 Å². The lowest BCUT2D eigenvalue weighted by molar-refractivity contribution is -0.109. The molecule has 1 aromatic rings. The summed E-state index contributed by atoms with van der Waals surface area (Å²) in [6.07, 6.45) is 2.45. The molecule has 0 aromatic heterocycles. The third kappa shape index (κ3) is 3.32. The van der Waals surface area contributed by atoms with Crippen LogP contribution < -0.4 is 10.6 Å². The van der Waals surface area contributed by atoms with Crippen molar-refractivity contribution in [1.82, 2.24) is 5.32 Å². The molecule has 0 saturated carbocycles. The molecule has 4 heteroatoms. The minimum atomic E-state index is -0.0140. The fraction of sp³-hybridized carbons (Fsp3) is 0.182. The zero-order valence-electron chi connectivity index (χ0n) is 8.57. The Hall–Kier alpha value is -1.42. The molecule has 1 heterocycles. The van der Waals surface area contributed by atoms with Crippen molar-refractivity contribution in [2.75, 3.05) is 5.32 Å². The summed E-state index contributed by atoms with van der Waals surface area (Å²) in [7, 11) is 0. The van der Waals surface area contributed by atoms with Gasteiger partial charge in [-0.25, -0.2) is 0 Å². The standard InChI is InChI=1S/C8H8N2OS.C3H6/c11-5-9-8-10-6-3-1-2-4-7(6)12-8;1-3-2/h1-5,8,10H,(H,9,11);3H,1H2,2H3. The van der Waals surface area contributed by atoms with E-state index in [2.05, 4.69) is 17.2 Å². The smallest absolute Gasteiger partial charge is 0.209 e. The summed E-state index contributed by atoms with van der Waals surface area (Å²) in [6.45, 7) is 5.25. The molecule has 0 saturated heterocycles. The summed E-state index contributed by atoms with van der Waals surface area (Å²) in [4.78, 5) is 11.3. The van der Waals surface area contributed by atoms with E-state index >= 15 is 0 Å². The summed E-state index contributed by atoms with van der Waals surface area (Å²) in [5.74, 6) is 0. The highest BCUT2D eigenvalue weighted by atomic mass is 32.2. The van der Waals surface area contributed by atoms with Gasteiger partial charge in [0.25, 0.3) is 0 Å². The molecule has 1 aromatic carbocycles. The van der Waals surface area contributed by atoms with Crippen molar-refractivity contribution < 1.29 is 4.79 Å². The molecule has 0 fully saturated rings. The Morgan fingerprint density at radius 2 is 2.20 bits per heavy atom. The predicted molar refractivity (Wildman–Crippen MR) is 64.8 cm³/mol. The summed E-state index contributed by atoms with van der Waals surface area (Å²) >= 11 is 1.61. The van der Waals surface area contributed by atoms with E-state index in [-0.39, 0.29) is 5.50 Å². The van der Waals surface area contributed by atoms with Crippen molar-refractivity contribution in [3.05, 3.63) is 36.9 Å². The number of para-hydroxylation sites is 1. The Bertz CT molecular complexity index is 316. The van der Waals surface area contributed by atoms with E-state index in [1.807, 2.05) is 31.2 Å². The molecule has 15 heavy (non-hydrogen) atoms. The van der Waals surface area contributed by atoms with Crippen molar-refractivity contribution >= 4 is 23.9 Å². The maximum absolute atomic E-state index is 10.1. The SMILES string of the molecule is C=CC.O=CNC1Nc2ccccc2S1. The monoisotopic (exact) mass is 222 g/mol. The molecule has 1 aliphatic rings. The van der Waals surface area contributed by atoms with Gasteiger partial charge in [0.05, 0.1) is 5.69 Å². The van der Waals surface area contributed by atoms with Crippen LogP contribution in [0.5, 0.6) is 0 Å². The van der Waals surface area contributed by atoms with Crippen LogP contribution in [0.4, 0.5) is 5.69 Å². The molecule has 1 amide bonds. The fourth-order valence-corrected chi connectivity index (χ4v) is 2.10. The minimum Gasteiger partial charge on any atom is -0.356 e. The quantitative estimate of drug-likeness (QED) is 0.596. The first-order chi connectivity index (χ1) is 7.31. The van der Waals surface area contributed by atoms with Gasteiger partial charge in [0.15, 0.2) is 5.50 Å². The molecule has 3 nitrogen and oxygen atoms in total. The number of fused-ring (bicyclic) bond motifs is 1. The molecule has 0 bridgehead atoms. The number of carbonyl (C=O) groups is 1. The fourth-order valence-electron chi connectivity index (χ4n) is 1.12. The molecule has 0 spiro atoms. The van der Waals surface area contributed by atoms with Gasteiger partial charge < -0.3 is 10.6 Å². The van der Waals surface area contributed by atoms with E-state index in [4.69, 9.17) is 0 Å². The number of hydrogen-bond acceptors (Lipinski definition) is 3. The molecule has 2 N–H and O–H groups in total. The molecule has 0 radical (unpaired) electrons. The number of rotatable bonds is 2. The Balaban J connectivity index is 0.000000337. The van der Waals surface area contributed by atoms with E-state index in [9.17, 15) is 4.79 Å². The number of allylic oxidation sites excluding steroid dienone is 1. The molecule has 2 rings (SSSR count). The maximum Gasteiger partial charge on any atom is 0.209 e. The highest BCUT2D eigenvalue weighted by molar-refractivity contribution is 8.00. The van der Waals surface area contributed by atoms with E-state index in [0.717, 1.165) is 5.69 Å². The van der Waals surface area contributed by atoms with Crippen molar-refractivity contribution in [2.45, 2.75) is 17.3 Å². The summed E-state index contributed by atoms with van der Waals surface area (Å²) in [5, 5.41) is 5.82. The van der Waals surface area contributed by atoms with Crippen molar-refractivity contribution in [2.24, 2.45) is 0 Å². The van der Waals surface area contributed by atoms with Crippen LogP contribution in [0.1, 0.15) is 6.92 Å². The van der Waals surface area contributed by atoms with Crippen LogP contribution >= 0.6 is 11.8 Å². The number of carbonyl (C=O) groups excluding carboxylic acids is 1. The lowest BCUT2D eigenvalue weighted by Gasteiger charge is -2.06. The van der Waals surface area contributed by atoms with E-state index in [1.54, 1.807) is 17.8 Å². The van der Waals surface area contributed by atoms with Gasteiger partial charge in [-0.1, -0.05) is 30.0 Å². The van der Waals surface area contributed by atoms with E-state index in [0.29, 0.717) is 6.41 Å². The zero-order valence-corrected chi connectivity index (χ0v) is 9.38. The lowest BCUT2D eigenvalue weighted by Crippen LogP contribution is -2.28. The largest absolute Gasteiger partial charge is 0.356 e.